The zero-order valence-electron chi connectivity index (χ0n) is 14.7. The summed E-state index contributed by atoms with van der Waals surface area (Å²) in [7, 11) is -2.15. The summed E-state index contributed by atoms with van der Waals surface area (Å²) >= 11 is 11.9. The second-order valence-corrected chi connectivity index (χ2v) is 8.65. The predicted molar refractivity (Wildman–Crippen MR) is 106 cm³/mol. The van der Waals surface area contributed by atoms with E-state index in [9.17, 15) is 13.2 Å². The van der Waals surface area contributed by atoms with Crippen LogP contribution in [0.25, 0.3) is 0 Å². The highest BCUT2D eigenvalue weighted by Gasteiger charge is 2.23. The number of hydrogen-bond acceptors (Lipinski definition) is 4. The lowest BCUT2D eigenvalue weighted by Gasteiger charge is -2.25. The van der Waals surface area contributed by atoms with Crippen molar-refractivity contribution in [2.24, 2.45) is 0 Å². The van der Waals surface area contributed by atoms with Crippen LogP contribution in [-0.4, -0.2) is 39.1 Å². The van der Waals surface area contributed by atoms with Crippen molar-refractivity contribution in [1.82, 2.24) is 4.90 Å². The summed E-state index contributed by atoms with van der Waals surface area (Å²) in [4.78, 5) is 14.0. The van der Waals surface area contributed by atoms with Gasteiger partial charge in [-0.2, -0.15) is 5.26 Å². The lowest BCUT2D eigenvalue weighted by atomic mass is 10.2. The highest BCUT2D eigenvalue weighted by Crippen LogP contribution is 2.23. The van der Waals surface area contributed by atoms with Crippen LogP contribution in [0.2, 0.25) is 10.0 Å². The standard InChI is InChI=1S/C18H17Cl2N3O3S/c1-22(11-14-6-7-16(19)17(20)9-14)18(24)12-23(27(2,25)26)15-5-3-4-13(8-15)10-21/h3-9H,11-12H2,1-2H3. The Bertz CT molecular complexity index is 1000. The maximum absolute atomic E-state index is 12.6. The molecule has 0 fully saturated rings. The predicted octanol–water partition coefficient (Wildman–Crippen LogP) is 3.29. The summed E-state index contributed by atoms with van der Waals surface area (Å²) in [6.07, 6.45) is 1.01. The maximum Gasteiger partial charge on any atom is 0.243 e. The quantitative estimate of drug-likeness (QED) is 0.710. The van der Waals surface area contributed by atoms with Crippen molar-refractivity contribution in [3.05, 3.63) is 63.6 Å². The van der Waals surface area contributed by atoms with Crippen molar-refractivity contribution in [2.75, 3.05) is 24.2 Å². The number of carbonyl (C=O) groups is 1. The molecule has 2 aromatic rings. The summed E-state index contributed by atoms with van der Waals surface area (Å²) in [6, 6.07) is 13.1. The number of halogens is 2. The van der Waals surface area contributed by atoms with Gasteiger partial charge in [-0.15, -0.1) is 0 Å². The summed E-state index contributed by atoms with van der Waals surface area (Å²) in [5.74, 6) is -0.408. The van der Waals surface area contributed by atoms with Gasteiger partial charge in [0.1, 0.15) is 6.54 Å². The zero-order chi connectivity index (χ0) is 20.2. The molecule has 1 amide bonds. The smallest absolute Gasteiger partial charge is 0.243 e. The van der Waals surface area contributed by atoms with Gasteiger partial charge in [0.05, 0.1) is 33.6 Å². The molecule has 6 nitrogen and oxygen atoms in total. The van der Waals surface area contributed by atoms with E-state index in [-0.39, 0.29) is 18.8 Å². The zero-order valence-corrected chi connectivity index (χ0v) is 17.0. The molecular weight excluding hydrogens is 409 g/mol. The Hall–Kier alpha value is -2.27. The van der Waals surface area contributed by atoms with Gasteiger partial charge in [-0.25, -0.2) is 8.42 Å². The molecule has 0 radical (unpaired) electrons. The monoisotopic (exact) mass is 425 g/mol. The molecule has 0 heterocycles. The van der Waals surface area contributed by atoms with E-state index in [1.165, 1.54) is 17.0 Å². The van der Waals surface area contributed by atoms with Crippen molar-refractivity contribution in [2.45, 2.75) is 6.54 Å². The molecule has 0 unspecified atom stereocenters. The number of sulfonamides is 1. The summed E-state index contributed by atoms with van der Waals surface area (Å²) in [6.45, 7) is -0.142. The molecule has 2 aromatic carbocycles. The van der Waals surface area contributed by atoms with E-state index in [1.54, 1.807) is 37.4 Å². The first-order valence-electron chi connectivity index (χ1n) is 7.77. The Labute approximate surface area is 168 Å². The summed E-state index contributed by atoms with van der Waals surface area (Å²) in [5, 5.41) is 9.80. The molecule has 0 bridgehead atoms. The minimum Gasteiger partial charge on any atom is -0.340 e. The van der Waals surface area contributed by atoms with E-state index in [0.29, 0.717) is 15.6 Å². The number of amides is 1. The highest BCUT2D eigenvalue weighted by atomic mass is 35.5. The van der Waals surface area contributed by atoms with Crippen molar-refractivity contribution < 1.29 is 13.2 Å². The van der Waals surface area contributed by atoms with Crippen LogP contribution in [0.4, 0.5) is 5.69 Å². The van der Waals surface area contributed by atoms with Gasteiger partial charge in [0.15, 0.2) is 0 Å². The number of rotatable bonds is 6. The highest BCUT2D eigenvalue weighted by molar-refractivity contribution is 7.92. The fourth-order valence-electron chi connectivity index (χ4n) is 2.37. The van der Waals surface area contributed by atoms with Crippen LogP contribution in [0.5, 0.6) is 0 Å². The molecule has 0 aliphatic heterocycles. The molecule has 0 saturated carbocycles. The lowest BCUT2D eigenvalue weighted by Crippen LogP contribution is -2.41. The SMILES string of the molecule is CN(Cc1ccc(Cl)c(Cl)c1)C(=O)CN(c1cccc(C#N)c1)S(C)(=O)=O. The number of hydrogen-bond donors (Lipinski definition) is 0. The van der Waals surface area contributed by atoms with Gasteiger partial charge < -0.3 is 4.90 Å². The topological polar surface area (TPSA) is 81.5 Å². The first kappa shape index (κ1) is 21.0. The molecule has 0 atom stereocenters. The van der Waals surface area contributed by atoms with Gasteiger partial charge >= 0.3 is 0 Å². The minimum absolute atomic E-state index is 0.242. The second-order valence-electron chi connectivity index (χ2n) is 5.93. The summed E-state index contributed by atoms with van der Waals surface area (Å²) in [5.41, 5.74) is 1.32. The Balaban J connectivity index is 2.20. The maximum atomic E-state index is 12.6. The van der Waals surface area contributed by atoms with Gasteiger partial charge in [0, 0.05) is 13.6 Å². The molecular formula is C18H17Cl2N3O3S. The normalized spacial score (nSPS) is 10.9. The van der Waals surface area contributed by atoms with E-state index in [0.717, 1.165) is 16.1 Å². The fourth-order valence-corrected chi connectivity index (χ4v) is 3.54. The molecule has 0 aliphatic carbocycles. The molecule has 0 aliphatic rings. The van der Waals surface area contributed by atoms with Gasteiger partial charge in [-0.05, 0) is 35.9 Å². The average molecular weight is 426 g/mol. The Morgan fingerprint density at radius 3 is 2.44 bits per heavy atom. The molecule has 0 spiro atoms. The molecule has 27 heavy (non-hydrogen) atoms. The van der Waals surface area contributed by atoms with Gasteiger partial charge in [0.25, 0.3) is 0 Å². The van der Waals surface area contributed by atoms with Crippen LogP contribution >= 0.6 is 23.2 Å². The number of anilines is 1. The van der Waals surface area contributed by atoms with E-state index in [2.05, 4.69) is 0 Å². The number of likely N-dealkylation sites (N-methyl/N-ethyl adjacent to an activating group) is 1. The van der Waals surface area contributed by atoms with Crippen molar-refractivity contribution in [3.8, 4) is 6.07 Å². The first-order valence-corrected chi connectivity index (χ1v) is 10.4. The van der Waals surface area contributed by atoms with E-state index < -0.39 is 15.9 Å². The van der Waals surface area contributed by atoms with Crippen molar-refractivity contribution in [1.29, 1.82) is 5.26 Å². The molecule has 9 heteroatoms. The van der Waals surface area contributed by atoms with E-state index >= 15 is 0 Å². The van der Waals surface area contributed by atoms with Crippen LogP contribution in [0.3, 0.4) is 0 Å². The Morgan fingerprint density at radius 2 is 1.85 bits per heavy atom. The largest absolute Gasteiger partial charge is 0.340 e. The van der Waals surface area contributed by atoms with Crippen LogP contribution < -0.4 is 4.31 Å². The second kappa shape index (κ2) is 8.61. The van der Waals surface area contributed by atoms with E-state index in [1.807, 2.05) is 6.07 Å². The third-order valence-electron chi connectivity index (χ3n) is 3.77. The first-order chi connectivity index (χ1) is 12.6. The van der Waals surface area contributed by atoms with Crippen molar-refractivity contribution >= 4 is 44.8 Å². The third-order valence-corrected chi connectivity index (χ3v) is 5.65. The summed E-state index contributed by atoms with van der Waals surface area (Å²) < 4.78 is 25.3. The van der Waals surface area contributed by atoms with Crippen LogP contribution in [-0.2, 0) is 21.4 Å². The average Bonchev–Trinajstić information content (AvgIpc) is 2.61. The van der Waals surface area contributed by atoms with E-state index in [4.69, 9.17) is 28.5 Å². The number of benzene rings is 2. The number of nitrogens with zero attached hydrogens (tertiary/aromatic N) is 3. The van der Waals surface area contributed by atoms with Crippen LogP contribution in [0.15, 0.2) is 42.5 Å². The van der Waals surface area contributed by atoms with Crippen LogP contribution in [0, 0.1) is 11.3 Å². The number of nitriles is 1. The minimum atomic E-state index is -3.72. The fraction of sp³-hybridized carbons (Fsp3) is 0.222. The van der Waals surface area contributed by atoms with Crippen molar-refractivity contribution in [3.63, 3.8) is 0 Å². The van der Waals surface area contributed by atoms with Gasteiger partial charge in [-0.1, -0.05) is 35.3 Å². The molecule has 0 N–H and O–H groups in total. The molecule has 0 aromatic heterocycles. The Morgan fingerprint density at radius 1 is 1.15 bits per heavy atom. The molecule has 0 saturated heterocycles. The Kier molecular flexibility index (Phi) is 6.71. The van der Waals surface area contributed by atoms with Crippen LogP contribution in [0.1, 0.15) is 11.1 Å². The third kappa shape index (κ3) is 5.60. The van der Waals surface area contributed by atoms with Gasteiger partial charge in [0.2, 0.25) is 15.9 Å². The van der Waals surface area contributed by atoms with Gasteiger partial charge in [-0.3, -0.25) is 9.10 Å². The lowest BCUT2D eigenvalue weighted by molar-refractivity contribution is -0.128. The number of carbonyl (C=O) groups excluding carboxylic acids is 1. The molecule has 142 valence electrons. The molecule has 2 rings (SSSR count).